The van der Waals surface area contributed by atoms with Crippen LogP contribution in [0.4, 0.5) is 0 Å². The lowest BCUT2D eigenvalue weighted by atomic mass is 10.2. The second-order valence-electron chi connectivity index (χ2n) is 4.65. The van der Waals surface area contributed by atoms with Gasteiger partial charge in [-0.3, -0.25) is 4.79 Å². The van der Waals surface area contributed by atoms with E-state index in [2.05, 4.69) is 5.32 Å². The number of hydrogen-bond acceptors (Lipinski definition) is 3. The molecule has 0 spiro atoms. The molecule has 2 aromatic rings. The Morgan fingerprint density at radius 1 is 1.00 bits per heavy atom. The van der Waals surface area contributed by atoms with E-state index in [0.717, 1.165) is 5.56 Å². The summed E-state index contributed by atoms with van der Waals surface area (Å²) in [6.07, 6.45) is 0. The van der Waals surface area contributed by atoms with Crippen molar-refractivity contribution in [2.75, 3.05) is 0 Å². The lowest BCUT2D eigenvalue weighted by Crippen LogP contribution is -2.39. The summed E-state index contributed by atoms with van der Waals surface area (Å²) in [5.74, 6) is -0.747. The fraction of sp³-hybridized carbons (Fsp3) is 0.176. The third-order valence-electron chi connectivity index (χ3n) is 2.96. The molecule has 2 aromatic carbocycles. The van der Waals surface area contributed by atoms with Gasteiger partial charge in [0.1, 0.15) is 12.6 Å². The van der Waals surface area contributed by atoms with Gasteiger partial charge in [0.2, 0.25) is 0 Å². The first-order chi connectivity index (χ1) is 10.2. The highest BCUT2D eigenvalue weighted by atomic mass is 16.5. The van der Waals surface area contributed by atoms with Gasteiger partial charge in [0, 0.05) is 5.56 Å². The van der Waals surface area contributed by atoms with Gasteiger partial charge in [-0.1, -0.05) is 48.5 Å². The number of hydrogen-bond donors (Lipinski definition) is 1. The van der Waals surface area contributed by atoms with Crippen LogP contribution in [0.5, 0.6) is 0 Å². The Morgan fingerprint density at radius 3 is 2.19 bits per heavy atom. The number of rotatable bonds is 5. The summed E-state index contributed by atoms with van der Waals surface area (Å²) >= 11 is 0. The minimum atomic E-state index is -0.693. The summed E-state index contributed by atoms with van der Waals surface area (Å²) in [5, 5.41) is 2.62. The molecule has 0 aromatic heterocycles. The maximum Gasteiger partial charge on any atom is 0.328 e. The molecule has 108 valence electrons. The average molecular weight is 283 g/mol. The predicted molar refractivity (Wildman–Crippen MR) is 79.6 cm³/mol. The smallest absolute Gasteiger partial charge is 0.328 e. The van der Waals surface area contributed by atoms with Crippen LogP contribution in [-0.2, 0) is 16.1 Å². The van der Waals surface area contributed by atoms with Crippen LogP contribution in [0.1, 0.15) is 22.8 Å². The van der Waals surface area contributed by atoms with Crippen LogP contribution in [0.15, 0.2) is 60.7 Å². The van der Waals surface area contributed by atoms with Crippen LogP contribution < -0.4 is 5.32 Å². The average Bonchev–Trinajstić information content (AvgIpc) is 2.54. The van der Waals surface area contributed by atoms with Gasteiger partial charge in [0.15, 0.2) is 0 Å². The molecule has 0 radical (unpaired) electrons. The summed E-state index contributed by atoms with van der Waals surface area (Å²) in [5.41, 5.74) is 1.42. The highest BCUT2D eigenvalue weighted by molar-refractivity contribution is 5.96. The minimum Gasteiger partial charge on any atom is -0.459 e. The number of esters is 1. The number of amides is 1. The number of carbonyl (C=O) groups is 2. The first-order valence-corrected chi connectivity index (χ1v) is 6.73. The van der Waals surface area contributed by atoms with Gasteiger partial charge in [-0.2, -0.15) is 0 Å². The Morgan fingerprint density at radius 2 is 1.57 bits per heavy atom. The van der Waals surface area contributed by atoms with Crippen LogP contribution in [-0.4, -0.2) is 17.9 Å². The van der Waals surface area contributed by atoms with Crippen molar-refractivity contribution in [3.05, 3.63) is 71.8 Å². The first kappa shape index (κ1) is 14.8. The molecular formula is C17H17NO3. The molecule has 0 aliphatic heterocycles. The molecule has 0 heterocycles. The third-order valence-corrected chi connectivity index (χ3v) is 2.96. The molecule has 0 saturated heterocycles. The van der Waals surface area contributed by atoms with Gasteiger partial charge in [-0.25, -0.2) is 4.79 Å². The quantitative estimate of drug-likeness (QED) is 0.858. The van der Waals surface area contributed by atoms with Crippen LogP contribution >= 0.6 is 0 Å². The Labute approximate surface area is 123 Å². The Balaban J connectivity index is 1.84. The van der Waals surface area contributed by atoms with Crippen molar-refractivity contribution >= 4 is 11.9 Å². The molecule has 1 unspecified atom stereocenters. The molecule has 0 aliphatic carbocycles. The van der Waals surface area contributed by atoms with Gasteiger partial charge in [0.25, 0.3) is 5.91 Å². The molecule has 0 bridgehead atoms. The van der Waals surface area contributed by atoms with Gasteiger partial charge >= 0.3 is 5.97 Å². The van der Waals surface area contributed by atoms with Crippen molar-refractivity contribution in [3.63, 3.8) is 0 Å². The predicted octanol–water partition coefficient (Wildman–Crippen LogP) is 2.55. The maximum atomic E-state index is 11.9. The van der Waals surface area contributed by atoms with Crippen LogP contribution in [0.3, 0.4) is 0 Å². The molecule has 21 heavy (non-hydrogen) atoms. The highest BCUT2D eigenvalue weighted by Gasteiger charge is 2.17. The Kier molecular flexibility index (Phi) is 5.10. The zero-order chi connectivity index (χ0) is 15.1. The molecule has 0 aliphatic rings. The summed E-state index contributed by atoms with van der Waals surface area (Å²) in [6, 6.07) is 17.5. The molecule has 1 amide bonds. The second kappa shape index (κ2) is 7.24. The van der Waals surface area contributed by atoms with Crippen molar-refractivity contribution < 1.29 is 14.3 Å². The monoisotopic (exact) mass is 283 g/mol. The molecule has 1 atom stereocenters. The number of ether oxygens (including phenoxy) is 1. The minimum absolute atomic E-state index is 0.200. The number of carbonyl (C=O) groups excluding carboxylic acids is 2. The molecular weight excluding hydrogens is 266 g/mol. The van der Waals surface area contributed by atoms with Crippen molar-refractivity contribution in [2.24, 2.45) is 0 Å². The lowest BCUT2D eigenvalue weighted by Gasteiger charge is -2.13. The summed E-state index contributed by atoms with van der Waals surface area (Å²) < 4.78 is 5.17. The van der Waals surface area contributed by atoms with E-state index >= 15 is 0 Å². The van der Waals surface area contributed by atoms with E-state index in [1.54, 1.807) is 31.2 Å². The van der Waals surface area contributed by atoms with Crippen molar-refractivity contribution in [1.82, 2.24) is 5.32 Å². The fourth-order valence-corrected chi connectivity index (χ4v) is 1.78. The third kappa shape index (κ3) is 4.45. The van der Waals surface area contributed by atoms with Gasteiger partial charge < -0.3 is 10.1 Å². The molecule has 2 rings (SSSR count). The molecule has 4 heteroatoms. The van der Waals surface area contributed by atoms with E-state index in [1.807, 2.05) is 36.4 Å². The van der Waals surface area contributed by atoms with E-state index in [4.69, 9.17) is 4.74 Å². The largest absolute Gasteiger partial charge is 0.459 e. The number of benzene rings is 2. The molecule has 0 saturated carbocycles. The van der Waals surface area contributed by atoms with Crippen molar-refractivity contribution in [3.8, 4) is 0 Å². The van der Waals surface area contributed by atoms with E-state index in [0.29, 0.717) is 5.56 Å². The fourth-order valence-electron chi connectivity index (χ4n) is 1.78. The zero-order valence-electron chi connectivity index (χ0n) is 11.8. The molecule has 4 nitrogen and oxygen atoms in total. The van der Waals surface area contributed by atoms with Gasteiger partial charge in [-0.15, -0.1) is 0 Å². The number of nitrogens with one attached hydrogen (secondary N) is 1. The normalized spacial score (nSPS) is 11.5. The summed E-state index contributed by atoms with van der Waals surface area (Å²) in [7, 11) is 0. The molecule has 1 N–H and O–H groups in total. The summed E-state index contributed by atoms with van der Waals surface area (Å²) in [4.78, 5) is 23.8. The van der Waals surface area contributed by atoms with Crippen LogP contribution in [0.2, 0.25) is 0 Å². The first-order valence-electron chi connectivity index (χ1n) is 6.73. The van der Waals surface area contributed by atoms with E-state index in [1.165, 1.54) is 0 Å². The van der Waals surface area contributed by atoms with Crippen molar-refractivity contribution in [2.45, 2.75) is 19.6 Å². The maximum absolute atomic E-state index is 11.9. The zero-order valence-corrected chi connectivity index (χ0v) is 11.8. The standard InChI is InChI=1S/C17H17NO3/c1-13(18-16(19)15-10-6-3-7-11-15)17(20)21-12-14-8-4-2-5-9-14/h2-11,13H,12H2,1H3,(H,18,19). The topological polar surface area (TPSA) is 55.4 Å². The van der Waals surface area contributed by atoms with E-state index in [-0.39, 0.29) is 12.5 Å². The Hall–Kier alpha value is -2.62. The molecule has 0 fully saturated rings. The van der Waals surface area contributed by atoms with Gasteiger partial charge in [-0.05, 0) is 24.6 Å². The van der Waals surface area contributed by atoms with E-state index < -0.39 is 12.0 Å². The van der Waals surface area contributed by atoms with E-state index in [9.17, 15) is 9.59 Å². The van der Waals surface area contributed by atoms with Crippen LogP contribution in [0.25, 0.3) is 0 Å². The Bertz CT molecular complexity index is 596. The highest BCUT2D eigenvalue weighted by Crippen LogP contribution is 2.03. The van der Waals surface area contributed by atoms with Crippen molar-refractivity contribution in [1.29, 1.82) is 0 Å². The lowest BCUT2D eigenvalue weighted by molar-refractivity contribution is -0.146. The second-order valence-corrected chi connectivity index (χ2v) is 4.65. The van der Waals surface area contributed by atoms with Gasteiger partial charge in [0.05, 0.1) is 0 Å². The van der Waals surface area contributed by atoms with Crippen LogP contribution in [0, 0.1) is 0 Å². The SMILES string of the molecule is CC(NC(=O)c1ccccc1)C(=O)OCc1ccccc1. The summed E-state index contributed by atoms with van der Waals surface area (Å²) in [6.45, 7) is 1.80.